The van der Waals surface area contributed by atoms with E-state index in [9.17, 15) is 9.90 Å². The SMILES string of the molecule is Nc1cc(Cl)c(N2CCCC3CCCCC32)c(C(=O)O)c1. The van der Waals surface area contributed by atoms with E-state index in [-0.39, 0.29) is 5.56 Å². The number of halogens is 1. The van der Waals surface area contributed by atoms with E-state index >= 15 is 0 Å². The van der Waals surface area contributed by atoms with Crippen LogP contribution >= 0.6 is 11.6 Å². The first-order valence-electron chi connectivity index (χ1n) is 7.67. The predicted octanol–water partition coefficient (Wildman–Crippen LogP) is 3.78. The molecule has 1 aliphatic heterocycles. The molecular formula is C16H21ClN2O2. The number of benzene rings is 1. The van der Waals surface area contributed by atoms with Crippen LogP contribution in [0.2, 0.25) is 5.02 Å². The van der Waals surface area contributed by atoms with E-state index in [0.717, 1.165) is 19.4 Å². The van der Waals surface area contributed by atoms with Crippen molar-refractivity contribution in [1.82, 2.24) is 0 Å². The molecule has 1 aromatic carbocycles. The minimum Gasteiger partial charge on any atom is -0.478 e. The number of carboxylic acids is 1. The number of nitrogens with zero attached hydrogens (tertiary/aromatic N) is 1. The first-order valence-corrected chi connectivity index (χ1v) is 8.04. The molecule has 21 heavy (non-hydrogen) atoms. The van der Waals surface area contributed by atoms with Crippen LogP contribution in [0.5, 0.6) is 0 Å². The molecule has 1 saturated carbocycles. The summed E-state index contributed by atoms with van der Waals surface area (Å²) in [5.41, 5.74) is 7.05. The Balaban J connectivity index is 2.04. The van der Waals surface area contributed by atoms with E-state index in [2.05, 4.69) is 4.90 Å². The van der Waals surface area contributed by atoms with Gasteiger partial charge in [-0.25, -0.2) is 4.79 Å². The monoisotopic (exact) mass is 308 g/mol. The third kappa shape index (κ3) is 2.69. The Labute approximate surface area is 129 Å². The van der Waals surface area contributed by atoms with Crippen molar-refractivity contribution in [1.29, 1.82) is 0 Å². The molecule has 114 valence electrons. The highest BCUT2D eigenvalue weighted by molar-refractivity contribution is 6.34. The van der Waals surface area contributed by atoms with Gasteiger partial charge in [0.05, 0.1) is 16.3 Å². The lowest BCUT2D eigenvalue weighted by atomic mass is 9.78. The van der Waals surface area contributed by atoms with Crippen LogP contribution in [0.4, 0.5) is 11.4 Å². The van der Waals surface area contributed by atoms with Crippen LogP contribution in [0.1, 0.15) is 48.9 Å². The number of carbonyl (C=O) groups is 1. The molecular weight excluding hydrogens is 288 g/mol. The van der Waals surface area contributed by atoms with Gasteiger partial charge in [-0.05, 0) is 43.7 Å². The second-order valence-corrected chi connectivity index (χ2v) is 6.56. The Morgan fingerprint density at radius 1 is 1.24 bits per heavy atom. The highest BCUT2D eigenvalue weighted by Gasteiger charge is 2.35. The Hall–Kier alpha value is -1.42. The normalized spacial score (nSPS) is 25.5. The Bertz CT molecular complexity index is 559. The highest BCUT2D eigenvalue weighted by Crippen LogP contribution is 2.42. The van der Waals surface area contributed by atoms with E-state index in [0.29, 0.717) is 28.4 Å². The van der Waals surface area contributed by atoms with Crippen molar-refractivity contribution in [3.8, 4) is 0 Å². The van der Waals surface area contributed by atoms with E-state index in [1.54, 1.807) is 6.07 Å². The van der Waals surface area contributed by atoms with Crippen LogP contribution in [-0.2, 0) is 0 Å². The summed E-state index contributed by atoms with van der Waals surface area (Å²) in [5.74, 6) is -0.292. The number of nitrogens with two attached hydrogens (primary N) is 1. The van der Waals surface area contributed by atoms with Crippen LogP contribution in [0, 0.1) is 5.92 Å². The molecule has 2 atom stereocenters. The second-order valence-electron chi connectivity index (χ2n) is 6.15. The maximum atomic E-state index is 11.6. The molecule has 3 rings (SSSR count). The summed E-state index contributed by atoms with van der Waals surface area (Å²) >= 11 is 6.36. The van der Waals surface area contributed by atoms with Gasteiger partial charge in [-0.15, -0.1) is 0 Å². The van der Waals surface area contributed by atoms with E-state index in [1.165, 1.54) is 31.7 Å². The molecule has 4 nitrogen and oxygen atoms in total. The fourth-order valence-corrected chi connectivity index (χ4v) is 4.31. The number of hydrogen-bond acceptors (Lipinski definition) is 3. The lowest BCUT2D eigenvalue weighted by Crippen LogP contribution is -2.47. The van der Waals surface area contributed by atoms with Gasteiger partial charge in [0.2, 0.25) is 0 Å². The van der Waals surface area contributed by atoms with Crippen molar-refractivity contribution >= 4 is 28.9 Å². The minimum atomic E-state index is -0.961. The summed E-state index contributed by atoms with van der Waals surface area (Å²) in [6.45, 7) is 0.880. The Morgan fingerprint density at radius 3 is 2.71 bits per heavy atom. The summed E-state index contributed by atoms with van der Waals surface area (Å²) in [6.07, 6.45) is 7.22. The average Bonchev–Trinajstić information content (AvgIpc) is 2.46. The number of hydrogen-bond donors (Lipinski definition) is 2. The molecule has 1 aromatic rings. The van der Waals surface area contributed by atoms with Crippen molar-refractivity contribution in [2.75, 3.05) is 17.2 Å². The van der Waals surface area contributed by atoms with Crippen LogP contribution in [-0.4, -0.2) is 23.7 Å². The van der Waals surface area contributed by atoms with E-state index in [4.69, 9.17) is 17.3 Å². The van der Waals surface area contributed by atoms with Gasteiger partial charge < -0.3 is 15.7 Å². The van der Waals surface area contributed by atoms with Gasteiger partial charge in [0.25, 0.3) is 0 Å². The summed E-state index contributed by atoms with van der Waals surface area (Å²) in [6, 6.07) is 3.61. The van der Waals surface area contributed by atoms with Crippen molar-refractivity contribution in [2.24, 2.45) is 5.92 Å². The van der Waals surface area contributed by atoms with Crippen molar-refractivity contribution in [3.05, 3.63) is 22.7 Å². The zero-order chi connectivity index (χ0) is 15.0. The number of carboxylic acid groups (broad SMARTS) is 1. The van der Waals surface area contributed by atoms with Gasteiger partial charge in [0.1, 0.15) is 0 Å². The van der Waals surface area contributed by atoms with E-state index in [1.807, 2.05) is 0 Å². The fraction of sp³-hybridized carbons (Fsp3) is 0.562. The van der Waals surface area contributed by atoms with Crippen LogP contribution in [0.15, 0.2) is 12.1 Å². The molecule has 0 aromatic heterocycles. The van der Waals surface area contributed by atoms with E-state index < -0.39 is 5.97 Å². The number of piperidine rings is 1. The maximum Gasteiger partial charge on any atom is 0.337 e. The summed E-state index contributed by atoms with van der Waals surface area (Å²) < 4.78 is 0. The maximum absolute atomic E-state index is 11.6. The topological polar surface area (TPSA) is 66.6 Å². The van der Waals surface area contributed by atoms with Gasteiger partial charge in [0.15, 0.2) is 0 Å². The fourth-order valence-electron chi connectivity index (χ4n) is 3.98. The molecule has 0 spiro atoms. The number of aromatic carboxylic acids is 1. The largest absolute Gasteiger partial charge is 0.478 e. The molecule has 0 radical (unpaired) electrons. The van der Waals surface area contributed by atoms with Crippen molar-refractivity contribution in [3.63, 3.8) is 0 Å². The van der Waals surface area contributed by atoms with Crippen molar-refractivity contribution < 1.29 is 9.90 Å². The van der Waals surface area contributed by atoms with Crippen molar-refractivity contribution in [2.45, 2.75) is 44.6 Å². The highest BCUT2D eigenvalue weighted by atomic mass is 35.5. The summed E-state index contributed by atoms with van der Waals surface area (Å²) in [4.78, 5) is 13.8. The Morgan fingerprint density at radius 2 is 1.95 bits per heavy atom. The summed E-state index contributed by atoms with van der Waals surface area (Å²) in [7, 11) is 0. The molecule has 0 amide bonds. The van der Waals surface area contributed by atoms with Gasteiger partial charge in [0, 0.05) is 18.3 Å². The molecule has 1 saturated heterocycles. The number of nitrogen functional groups attached to an aromatic ring is 1. The summed E-state index contributed by atoms with van der Waals surface area (Å²) in [5, 5.41) is 9.96. The third-order valence-electron chi connectivity index (χ3n) is 4.85. The molecule has 2 aliphatic rings. The lowest BCUT2D eigenvalue weighted by molar-refractivity contribution is 0.0697. The molecule has 3 N–H and O–H groups in total. The van der Waals surface area contributed by atoms with Crippen LogP contribution in [0.3, 0.4) is 0 Å². The number of rotatable bonds is 2. The van der Waals surface area contributed by atoms with Gasteiger partial charge in [-0.2, -0.15) is 0 Å². The zero-order valence-corrected chi connectivity index (χ0v) is 12.8. The van der Waals surface area contributed by atoms with Gasteiger partial charge in [-0.1, -0.05) is 24.4 Å². The molecule has 1 aliphatic carbocycles. The van der Waals surface area contributed by atoms with Crippen LogP contribution < -0.4 is 10.6 Å². The van der Waals surface area contributed by atoms with Gasteiger partial charge in [-0.3, -0.25) is 0 Å². The molecule has 0 bridgehead atoms. The lowest BCUT2D eigenvalue weighted by Gasteiger charge is -2.46. The average molecular weight is 309 g/mol. The third-order valence-corrected chi connectivity index (χ3v) is 5.13. The second kappa shape index (κ2) is 5.76. The quantitative estimate of drug-likeness (QED) is 0.816. The molecule has 5 heteroatoms. The van der Waals surface area contributed by atoms with Crippen LogP contribution in [0.25, 0.3) is 0 Å². The molecule has 2 fully saturated rings. The smallest absolute Gasteiger partial charge is 0.337 e. The first-order chi connectivity index (χ1) is 10.1. The zero-order valence-electron chi connectivity index (χ0n) is 12.0. The number of anilines is 2. The standard InChI is InChI=1S/C16H21ClN2O2/c17-13-9-11(18)8-12(16(20)21)15(13)19-7-3-5-10-4-1-2-6-14(10)19/h8-10,14H,1-7,18H2,(H,20,21). The Kier molecular flexibility index (Phi) is 3.98. The first kappa shape index (κ1) is 14.5. The predicted molar refractivity (Wildman–Crippen MR) is 85.1 cm³/mol. The minimum absolute atomic E-state index is 0.228. The molecule has 1 heterocycles. The number of fused-ring (bicyclic) bond motifs is 1. The van der Waals surface area contributed by atoms with Gasteiger partial charge >= 0.3 is 5.97 Å². The molecule has 2 unspecified atom stereocenters.